The minimum Gasteiger partial charge on any atom is -0.486 e. The molecule has 0 aromatic heterocycles. The summed E-state index contributed by atoms with van der Waals surface area (Å²) >= 11 is 0. The highest BCUT2D eigenvalue weighted by Crippen LogP contribution is 2.45. The van der Waals surface area contributed by atoms with Gasteiger partial charge >= 0.3 is 5.97 Å². The zero-order valence-electron chi connectivity index (χ0n) is 33.5. The van der Waals surface area contributed by atoms with E-state index >= 15 is 4.39 Å². The highest BCUT2D eigenvalue weighted by molar-refractivity contribution is 6.16. The van der Waals surface area contributed by atoms with Gasteiger partial charge in [-0.2, -0.15) is 0 Å². The summed E-state index contributed by atoms with van der Waals surface area (Å²) in [6.45, 7) is 8.77. The van der Waals surface area contributed by atoms with Gasteiger partial charge in [0.15, 0.2) is 17.5 Å². The molecule has 1 saturated carbocycles. The molecular formula is C47H47FN4O7. The summed E-state index contributed by atoms with van der Waals surface area (Å²) in [4.78, 5) is 57.6. The summed E-state index contributed by atoms with van der Waals surface area (Å²) < 4.78 is 33.8. The molecule has 3 heterocycles. The van der Waals surface area contributed by atoms with Crippen LogP contribution in [0.3, 0.4) is 0 Å². The number of carbonyl (C=O) groups excluding carboxylic acids is 4. The van der Waals surface area contributed by atoms with Crippen molar-refractivity contribution in [1.29, 1.82) is 0 Å². The van der Waals surface area contributed by atoms with Crippen LogP contribution >= 0.6 is 0 Å². The standard InChI is InChI=1S/C47H47FN4O7/c1-32(2)45(51-17-16-36(26-53)46(33(51)3)58-29-34-10-6-4-7-11-34)31-57-38(27-54)24-49-18-20-50(21-19-49)44-23-43-39(22-42(44)48)41(28-55)40(25-52(43)37-14-15-37)47(56)59-30-35-12-8-5-9-13-35/h4-13,16-17,22-23,25,32,37,45H,14-15,18-21,24,29-31H2,1-3H3/t45-/m1/s1. The first-order chi connectivity index (χ1) is 28.7. The smallest absolute Gasteiger partial charge is 0.341 e. The van der Waals surface area contributed by atoms with Crippen molar-refractivity contribution >= 4 is 40.7 Å². The van der Waals surface area contributed by atoms with Gasteiger partial charge < -0.3 is 28.9 Å². The third-order valence-corrected chi connectivity index (χ3v) is 11.1. The number of piperazine rings is 1. The van der Waals surface area contributed by atoms with E-state index in [1.165, 1.54) is 6.07 Å². The molecule has 4 aliphatic rings. The van der Waals surface area contributed by atoms with Gasteiger partial charge in [-0.15, -0.1) is 0 Å². The lowest BCUT2D eigenvalue weighted by Crippen LogP contribution is -2.47. The molecule has 0 radical (unpaired) electrons. The lowest BCUT2D eigenvalue weighted by atomic mass is 9.93. The first kappa shape index (κ1) is 40.8. The van der Waals surface area contributed by atoms with Gasteiger partial charge in [-0.05, 0) is 55.0 Å². The molecule has 1 atom stereocenters. The Hall–Kier alpha value is -6.41. The van der Waals surface area contributed by atoms with Gasteiger partial charge in [0.05, 0.1) is 40.8 Å². The molecule has 2 fully saturated rings. The highest BCUT2D eigenvalue weighted by Gasteiger charge is 2.38. The molecule has 0 N–H and O–H groups in total. The maximum absolute atomic E-state index is 16.0. The number of ether oxygens (including phenoxy) is 3. The Morgan fingerprint density at radius 2 is 1.54 bits per heavy atom. The molecule has 1 aliphatic carbocycles. The summed E-state index contributed by atoms with van der Waals surface area (Å²) in [5.41, 5.74) is 4.21. The molecule has 0 unspecified atom stereocenters. The number of rotatable bonds is 15. The van der Waals surface area contributed by atoms with Crippen molar-refractivity contribution in [1.82, 2.24) is 9.80 Å². The van der Waals surface area contributed by atoms with Crippen molar-refractivity contribution in [2.45, 2.75) is 58.9 Å². The van der Waals surface area contributed by atoms with Crippen molar-refractivity contribution < 1.29 is 37.8 Å². The Balaban J connectivity index is 0.982. The van der Waals surface area contributed by atoms with Crippen molar-refractivity contribution in [2.75, 3.05) is 49.1 Å². The first-order valence-electron chi connectivity index (χ1n) is 19.9. The third kappa shape index (κ3) is 9.33. The van der Waals surface area contributed by atoms with Crippen LogP contribution in [0.5, 0.6) is 0 Å². The van der Waals surface area contributed by atoms with Crippen molar-refractivity contribution in [2.24, 2.45) is 5.92 Å². The molecule has 304 valence electrons. The predicted octanol–water partition coefficient (Wildman–Crippen LogP) is 6.56. The minimum absolute atomic E-state index is 0.0278. The molecule has 7 rings (SSSR count). The fourth-order valence-corrected chi connectivity index (χ4v) is 7.59. The zero-order valence-corrected chi connectivity index (χ0v) is 33.5. The SMILES string of the molecule is CC1=C(OCc2ccccc2)C(=C=O)C=CN1[C@H](COC(=C=O)CN1CCN(c2cc3c(cc2F)C(=C=O)C(C(=O)OCc2ccccc2)=CN3C2CC2)CC1)C(C)C. The molecule has 0 bridgehead atoms. The van der Waals surface area contributed by atoms with Gasteiger partial charge in [-0.1, -0.05) is 74.5 Å². The Bertz CT molecular complexity index is 2290. The molecule has 59 heavy (non-hydrogen) atoms. The fraction of sp³-hybridized carbons (Fsp3) is 0.340. The van der Waals surface area contributed by atoms with E-state index in [-0.39, 0.29) is 61.3 Å². The van der Waals surface area contributed by atoms with E-state index in [0.29, 0.717) is 54.4 Å². The van der Waals surface area contributed by atoms with Crippen LogP contribution in [-0.2, 0) is 46.6 Å². The molecule has 3 aromatic carbocycles. The first-order valence-corrected chi connectivity index (χ1v) is 19.9. The monoisotopic (exact) mass is 798 g/mol. The van der Waals surface area contributed by atoms with Crippen LogP contribution in [0, 0.1) is 11.7 Å². The number of nitrogens with zero attached hydrogens (tertiary/aromatic N) is 4. The van der Waals surface area contributed by atoms with Crippen LogP contribution in [0.2, 0.25) is 0 Å². The second-order valence-corrected chi connectivity index (χ2v) is 15.4. The van der Waals surface area contributed by atoms with Gasteiger partial charge in [0, 0.05) is 50.2 Å². The normalized spacial score (nSPS) is 17.2. The van der Waals surface area contributed by atoms with E-state index in [4.69, 9.17) is 14.2 Å². The third-order valence-electron chi connectivity index (χ3n) is 11.1. The van der Waals surface area contributed by atoms with Gasteiger partial charge in [-0.25, -0.2) is 23.6 Å². The van der Waals surface area contributed by atoms with Crippen LogP contribution in [-0.4, -0.2) is 85.0 Å². The lowest BCUT2D eigenvalue weighted by molar-refractivity contribution is -0.139. The van der Waals surface area contributed by atoms with E-state index < -0.39 is 11.8 Å². The Kier molecular flexibility index (Phi) is 12.8. The molecule has 12 heteroatoms. The number of benzene rings is 3. The number of carbonyl (C=O) groups is 1. The predicted molar refractivity (Wildman–Crippen MR) is 222 cm³/mol. The minimum atomic E-state index is -0.671. The van der Waals surface area contributed by atoms with Crippen molar-refractivity contribution in [3.05, 3.63) is 142 Å². The van der Waals surface area contributed by atoms with Crippen LogP contribution in [0.4, 0.5) is 15.8 Å². The quantitative estimate of drug-likeness (QED) is 0.0948. The van der Waals surface area contributed by atoms with Crippen molar-refractivity contribution in [3.63, 3.8) is 0 Å². The number of halogens is 1. The van der Waals surface area contributed by atoms with E-state index in [1.54, 1.807) is 18.3 Å². The zero-order chi connectivity index (χ0) is 41.5. The van der Waals surface area contributed by atoms with Gasteiger partial charge in [0.2, 0.25) is 0 Å². The van der Waals surface area contributed by atoms with Crippen LogP contribution in [0.15, 0.2) is 120 Å². The van der Waals surface area contributed by atoms with Crippen LogP contribution in [0.25, 0.3) is 5.57 Å². The van der Waals surface area contributed by atoms with Gasteiger partial charge in [-0.3, -0.25) is 4.90 Å². The molecule has 0 spiro atoms. The summed E-state index contributed by atoms with van der Waals surface area (Å²) in [6, 6.07) is 21.9. The second-order valence-electron chi connectivity index (χ2n) is 15.4. The summed E-state index contributed by atoms with van der Waals surface area (Å²) in [6.07, 6.45) is 6.93. The number of hydrogen-bond donors (Lipinski definition) is 0. The summed E-state index contributed by atoms with van der Waals surface area (Å²) in [7, 11) is 0. The second kappa shape index (κ2) is 18.5. The fourth-order valence-electron chi connectivity index (χ4n) is 7.59. The van der Waals surface area contributed by atoms with Gasteiger partial charge in [0.1, 0.15) is 43.1 Å². The van der Waals surface area contributed by atoms with E-state index in [1.807, 2.05) is 106 Å². The summed E-state index contributed by atoms with van der Waals surface area (Å²) in [5, 5.41) is 0. The topological polar surface area (TPSA) is 109 Å². The van der Waals surface area contributed by atoms with Crippen molar-refractivity contribution in [3.8, 4) is 0 Å². The van der Waals surface area contributed by atoms with Gasteiger partial charge in [0.25, 0.3) is 0 Å². The molecule has 3 aliphatic heterocycles. The molecule has 0 amide bonds. The summed E-state index contributed by atoms with van der Waals surface area (Å²) in [5.74, 6) is 5.39. The molecule has 3 aromatic rings. The molecule has 11 nitrogen and oxygen atoms in total. The maximum Gasteiger partial charge on any atom is 0.341 e. The Morgan fingerprint density at radius 3 is 2.15 bits per heavy atom. The molecular weight excluding hydrogens is 752 g/mol. The average Bonchev–Trinajstić information content (AvgIpc) is 4.11. The maximum atomic E-state index is 16.0. The van der Waals surface area contributed by atoms with Crippen LogP contribution in [0.1, 0.15) is 50.3 Å². The number of anilines is 2. The number of esters is 1. The molecule has 1 saturated heterocycles. The Morgan fingerprint density at radius 1 is 0.864 bits per heavy atom. The highest BCUT2D eigenvalue weighted by atomic mass is 19.1. The average molecular weight is 799 g/mol. The lowest BCUT2D eigenvalue weighted by Gasteiger charge is -2.38. The number of hydrogen-bond acceptors (Lipinski definition) is 11. The van der Waals surface area contributed by atoms with Crippen LogP contribution < -0.4 is 9.80 Å². The largest absolute Gasteiger partial charge is 0.486 e. The van der Waals surface area contributed by atoms with E-state index in [9.17, 15) is 19.2 Å². The van der Waals surface area contributed by atoms with E-state index in [2.05, 4.69) is 18.7 Å². The van der Waals surface area contributed by atoms with E-state index in [0.717, 1.165) is 29.7 Å². The number of fused-ring (bicyclic) bond motifs is 1. The Labute approximate surface area is 343 Å². The number of allylic oxidation sites excluding steroid dienone is 2.